The molecular formula is C11H19N5O3. The van der Waals surface area contributed by atoms with Crippen molar-refractivity contribution < 1.29 is 14.7 Å². The summed E-state index contributed by atoms with van der Waals surface area (Å²) in [5, 5.41) is 20.4. The Morgan fingerprint density at radius 3 is 2.74 bits per heavy atom. The lowest BCUT2D eigenvalue weighted by molar-refractivity contribution is -0.140. The maximum absolute atomic E-state index is 11.5. The predicted octanol–water partition coefficient (Wildman–Crippen LogP) is 0.146. The number of nitrogens with one attached hydrogen (secondary N) is 3. The van der Waals surface area contributed by atoms with E-state index in [9.17, 15) is 9.59 Å². The topological polar surface area (TPSA) is 120 Å². The summed E-state index contributed by atoms with van der Waals surface area (Å²) in [7, 11) is 0. The van der Waals surface area contributed by atoms with Gasteiger partial charge in [0.05, 0.1) is 0 Å². The molecule has 0 saturated carbocycles. The Bertz CT molecular complexity index is 404. The van der Waals surface area contributed by atoms with Crippen molar-refractivity contribution in [3.63, 3.8) is 0 Å². The van der Waals surface area contributed by atoms with Crippen LogP contribution in [0.5, 0.6) is 0 Å². The van der Waals surface area contributed by atoms with E-state index in [1.807, 2.05) is 0 Å². The van der Waals surface area contributed by atoms with Crippen molar-refractivity contribution in [3.05, 3.63) is 12.2 Å². The molecule has 1 aromatic heterocycles. The SMILES string of the molecule is CC(C)[C@H](NC(=O)NCCCc1ncn[nH]1)C(=O)O. The number of nitrogens with zero attached hydrogens (tertiary/aromatic N) is 2. The summed E-state index contributed by atoms with van der Waals surface area (Å²) in [5.41, 5.74) is 0. The fourth-order valence-electron chi connectivity index (χ4n) is 1.51. The second kappa shape index (κ2) is 7.34. The highest BCUT2D eigenvalue weighted by molar-refractivity contribution is 5.82. The van der Waals surface area contributed by atoms with Gasteiger partial charge in [0.1, 0.15) is 18.2 Å². The van der Waals surface area contributed by atoms with Crippen LogP contribution in [0.25, 0.3) is 0 Å². The van der Waals surface area contributed by atoms with Gasteiger partial charge in [-0.15, -0.1) is 0 Å². The van der Waals surface area contributed by atoms with E-state index in [4.69, 9.17) is 5.11 Å². The summed E-state index contributed by atoms with van der Waals surface area (Å²) in [6, 6.07) is -1.35. The molecule has 0 fully saturated rings. The molecule has 106 valence electrons. The summed E-state index contributed by atoms with van der Waals surface area (Å²) in [6.07, 6.45) is 2.80. The highest BCUT2D eigenvalue weighted by atomic mass is 16.4. The number of urea groups is 1. The number of carbonyl (C=O) groups excluding carboxylic acids is 1. The molecule has 19 heavy (non-hydrogen) atoms. The van der Waals surface area contributed by atoms with Gasteiger partial charge in [-0.25, -0.2) is 14.6 Å². The third-order valence-corrected chi connectivity index (χ3v) is 2.56. The van der Waals surface area contributed by atoms with Gasteiger partial charge in [0.15, 0.2) is 0 Å². The monoisotopic (exact) mass is 269 g/mol. The van der Waals surface area contributed by atoms with Gasteiger partial charge in [0.2, 0.25) is 0 Å². The lowest BCUT2D eigenvalue weighted by atomic mass is 10.1. The number of carbonyl (C=O) groups is 2. The van der Waals surface area contributed by atoms with Crippen LogP contribution in [-0.4, -0.2) is 44.9 Å². The molecule has 4 N–H and O–H groups in total. The molecule has 0 bridgehead atoms. The summed E-state index contributed by atoms with van der Waals surface area (Å²) in [5.74, 6) is -0.447. The average Bonchev–Trinajstić information content (AvgIpc) is 2.84. The number of aromatic nitrogens is 3. The molecule has 8 heteroatoms. The van der Waals surface area contributed by atoms with Gasteiger partial charge in [-0.05, 0) is 12.3 Å². The van der Waals surface area contributed by atoms with Gasteiger partial charge < -0.3 is 15.7 Å². The zero-order valence-electron chi connectivity index (χ0n) is 11.0. The number of carboxylic acid groups (broad SMARTS) is 1. The maximum Gasteiger partial charge on any atom is 0.326 e. The first-order valence-electron chi connectivity index (χ1n) is 6.12. The number of hydrogen-bond donors (Lipinski definition) is 4. The first kappa shape index (κ1) is 14.9. The summed E-state index contributed by atoms with van der Waals surface area (Å²) < 4.78 is 0. The van der Waals surface area contributed by atoms with E-state index >= 15 is 0 Å². The molecule has 0 aliphatic carbocycles. The number of H-pyrrole nitrogens is 1. The number of rotatable bonds is 7. The summed E-state index contributed by atoms with van der Waals surface area (Å²) in [6.45, 7) is 3.92. The lowest BCUT2D eigenvalue weighted by Gasteiger charge is -2.18. The quantitative estimate of drug-likeness (QED) is 0.525. The number of aromatic amines is 1. The highest BCUT2D eigenvalue weighted by Gasteiger charge is 2.22. The molecule has 8 nitrogen and oxygen atoms in total. The molecule has 1 rings (SSSR count). The van der Waals surface area contributed by atoms with Crippen LogP contribution in [0.1, 0.15) is 26.1 Å². The molecule has 0 spiro atoms. The van der Waals surface area contributed by atoms with Crippen LogP contribution in [0.2, 0.25) is 0 Å². The third-order valence-electron chi connectivity index (χ3n) is 2.56. The highest BCUT2D eigenvalue weighted by Crippen LogP contribution is 2.01. The van der Waals surface area contributed by atoms with Crippen molar-refractivity contribution in [1.29, 1.82) is 0 Å². The first-order chi connectivity index (χ1) is 9.00. The van der Waals surface area contributed by atoms with Gasteiger partial charge >= 0.3 is 12.0 Å². The van der Waals surface area contributed by atoms with E-state index in [0.717, 1.165) is 5.82 Å². The minimum atomic E-state index is -1.04. The molecule has 0 saturated heterocycles. The fraction of sp³-hybridized carbons (Fsp3) is 0.636. The predicted molar refractivity (Wildman–Crippen MR) is 67.5 cm³/mol. The Morgan fingerprint density at radius 1 is 1.47 bits per heavy atom. The molecule has 1 atom stereocenters. The van der Waals surface area contributed by atoms with Gasteiger partial charge in [-0.3, -0.25) is 5.10 Å². The van der Waals surface area contributed by atoms with E-state index in [1.165, 1.54) is 6.33 Å². The minimum absolute atomic E-state index is 0.169. The number of carboxylic acids is 1. The van der Waals surface area contributed by atoms with E-state index < -0.39 is 18.0 Å². The normalized spacial score (nSPS) is 12.2. The second-order valence-electron chi connectivity index (χ2n) is 4.50. The number of aliphatic carboxylic acids is 1. The molecular weight excluding hydrogens is 250 g/mol. The largest absolute Gasteiger partial charge is 0.480 e. The molecule has 0 aliphatic rings. The summed E-state index contributed by atoms with van der Waals surface area (Å²) in [4.78, 5) is 26.4. The Labute approximate surface area is 111 Å². The van der Waals surface area contributed by atoms with Gasteiger partial charge in [-0.2, -0.15) is 5.10 Å². The molecule has 1 aromatic rings. The lowest BCUT2D eigenvalue weighted by Crippen LogP contribution is -2.48. The maximum atomic E-state index is 11.5. The van der Waals surface area contributed by atoms with Crippen molar-refractivity contribution in [3.8, 4) is 0 Å². The number of aryl methyl sites for hydroxylation is 1. The second-order valence-corrected chi connectivity index (χ2v) is 4.50. The Morgan fingerprint density at radius 2 is 2.21 bits per heavy atom. The van der Waals surface area contributed by atoms with Gasteiger partial charge in [0.25, 0.3) is 0 Å². The Balaban J connectivity index is 2.21. The zero-order valence-corrected chi connectivity index (χ0v) is 11.0. The van der Waals surface area contributed by atoms with Crippen LogP contribution in [-0.2, 0) is 11.2 Å². The van der Waals surface area contributed by atoms with Crippen molar-refractivity contribution >= 4 is 12.0 Å². The third kappa shape index (κ3) is 5.36. The number of hydrogen-bond acceptors (Lipinski definition) is 4. The van der Waals surface area contributed by atoms with E-state index in [-0.39, 0.29) is 5.92 Å². The van der Waals surface area contributed by atoms with Crippen molar-refractivity contribution in [1.82, 2.24) is 25.8 Å². The van der Waals surface area contributed by atoms with E-state index in [1.54, 1.807) is 13.8 Å². The minimum Gasteiger partial charge on any atom is -0.480 e. The standard InChI is InChI=1S/C11H19N5O3/c1-7(2)9(10(17)18)15-11(19)12-5-3-4-8-13-6-14-16-8/h6-7,9H,3-5H2,1-2H3,(H,17,18)(H2,12,15,19)(H,13,14,16)/t9-/m0/s1. The van der Waals surface area contributed by atoms with E-state index in [0.29, 0.717) is 19.4 Å². The number of amides is 2. The van der Waals surface area contributed by atoms with E-state index in [2.05, 4.69) is 25.8 Å². The molecule has 0 radical (unpaired) electrons. The van der Waals surface area contributed by atoms with Crippen LogP contribution in [0, 0.1) is 5.92 Å². The van der Waals surface area contributed by atoms with Gasteiger partial charge in [-0.1, -0.05) is 13.8 Å². The van der Waals surface area contributed by atoms with Crippen molar-refractivity contribution in [2.75, 3.05) is 6.54 Å². The Kier molecular flexibility index (Phi) is 5.77. The molecule has 0 aliphatic heterocycles. The smallest absolute Gasteiger partial charge is 0.326 e. The Hall–Kier alpha value is -2.12. The molecule has 1 heterocycles. The summed E-state index contributed by atoms with van der Waals surface area (Å²) >= 11 is 0. The van der Waals surface area contributed by atoms with Crippen molar-refractivity contribution in [2.24, 2.45) is 5.92 Å². The molecule has 0 unspecified atom stereocenters. The van der Waals surface area contributed by atoms with Gasteiger partial charge in [0, 0.05) is 13.0 Å². The zero-order chi connectivity index (χ0) is 14.3. The van der Waals surface area contributed by atoms with Crippen LogP contribution in [0.15, 0.2) is 6.33 Å². The first-order valence-corrected chi connectivity index (χ1v) is 6.12. The van der Waals surface area contributed by atoms with Crippen LogP contribution in [0.4, 0.5) is 4.79 Å². The van der Waals surface area contributed by atoms with Crippen molar-refractivity contribution in [2.45, 2.75) is 32.7 Å². The van der Waals surface area contributed by atoms with Crippen LogP contribution in [0.3, 0.4) is 0 Å². The van der Waals surface area contributed by atoms with Crippen LogP contribution >= 0.6 is 0 Å². The fourth-order valence-corrected chi connectivity index (χ4v) is 1.51. The molecule has 2 amide bonds. The molecule has 0 aromatic carbocycles. The van der Waals surface area contributed by atoms with Crippen LogP contribution < -0.4 is 10.6 Å². The average molecular weight is 269 g/mol.